The van der Waals surface area contributed by atoms with Crippen molar-refractivity contribution in [3.05, 3.63) is 62.1 Å². The Bertz CT molecular complexity index is 1290. The van der Waals surface area contributed by atoms with Crippen LogP contribution in [0.3, 0.4) is 0 Å². The largest absolute Gasteiger partial charge is 0.495 e. The van der Waals surface area contributed by atoms with Crippen molar-refractivity contribution >= 4 is 56.4 Å². The number of sulfonamides is 1. The quantitative estimate of drug-likeness (QED) is 0.275. The monoisotopic (exact) mass is 588 g/mol. The summed E-state index contributed by atoms with van der Waals surface area (Å²) in [5.41, 5.74) is -0.0104. The Morgan fingerprint density at radius 1 is 1.13 bits per heavy atom. The lowest BCUT2D eigenvalue weighted by molar-refractivity contribution is -0.384. The molecule has 0 aliphatic heterocycles. The molecule has 2 aromatic carbocycles. The van der Waals surface area contributed by atoms with Gasteiger partial charge in [-0.15, -0.1) is 0 Å². The van der Waals surface area contributed by atoms with Crippen molar-refractivity contribution in [2.45, 2.75) is 39.3 Å². The number of carbonyl (C=O) groups is 2. The average molecular weight is 589 g/mol. The van der Waals surface area contributed by atoms with Gasteiger partial charge in [0.05, 0.1) is 28.3 Å². The van der Waals surface area contributed by atoms with Crippen molar-refractivity contribution in [2.24, 2.45) is 0 Å². The summed E-state index contributed by atoms with van der Waals surface area (Å²) in [5.74, 6) is -1.10. The number of halogens is 2. The number of nitro benzene ring substituents is 1. The van der Waals surface area contributed by atoms with Crippen molar-refractivity contribution in [1.29, 1.82) is 0 Å². The van der Waals surface area contributed by atoms with E-state index in [1.165, 1.54) is 18.1 Å². The Morgan fingerprint density at radius 3 is 2.34 bits per heavy atom. The smallest absolute Gasteiger partial charge is 0.271 e. The molecule has 1 N–H and O–H groups in total. The van der Waals surface area contributed by atoms with Crippen molar-refractivity contribution in [2.75, 3.05) is 30.8 Å². The van der Waals surface area contributed by atoms with Gasteiger partial charge < -0.3 is 15.0 Å². The predicted molar refractivity (Wildman–Crippen MR) is 146 cm³/mol. The standard InChI is InChI=1S/C24H30Cl2N4O7S/c1-5-11-27-24(32)20(6-2)28(14-16-7-9-18(25)19(26)12-16)23(31)15-29(38(4,35)36)21-13-17(30(33)34)8-10-22(21)37-3/h7-10,12-13,20H,5-6,11,14-15H2,1-4H3,(H,27,32)/t20-/m1/s1. The molecule has 0 bridgehead atoms. The molecule has 11 nitrogen and oxygen atoms in total. The number of nitrogens with one attached hydrogen (secondary N) is 1. The van der Waals surface area contributed by atoms with Crippen LogP contribution < -0.4 is 14.4 Å². The Hall–Kier alpha value is -3.09. The van der Waals surface area contributed by atoms with Gasteiger partial charge in [0.15, 0.2) is 0 Å². The third-order valence-electron chi connectivity index (χ3n) is 5.59. The van der Waals surface area contributed by atoms with Crippen molar-refractivity contribution in [3.8, 4) is 5.75 Å². The van der Waals surface area contributed by atoms with Gasteiger partial charge >= 0.3 is 0 Å². The van der Waals surface area contributed by atoms with E-state index in [1.54, 1.807) is 25.1 Å². The van der Waals surface area contributed by atoms with Crippen molar-refractivity contribution in [1.82, 2.24) is 10.2 Å². The molecule has 2 amide bonds. The molecule has 1 atom stereocenters. The minimum absolute atomic E-state index is 0.0117. The zero-order valence-corrected chi connectivity index (χ0v) is 23.8. The van der Waals surface area contributed by atoms with E-state index < -0.39 is 39.3 Å². The molecule has 0 saturated heterocycles. The van der Waals surface area contributed by atoms with Crippen molar-refractivity contribution in [3.63, 3.8) is 0 Å². The van der Waals surface area contributed by atoms with Gasteiger partial charge in [0.1, 0.15) is 24.0 Å². The third kappa shape index (κ3) is 7.95. The van der Waals surface area contributed by atoms with Crippen LogP contribution in [0.15, 0.2) is 36.4 Å². The summed E-state index contributed by atoms with van der Waals surface area (Å²) in [6, 6.07) is 7.24. The van der Waals surface area contributed by atoms with E-state index in [-0.39, 0.29) is 35.1 Å². The van der Waals surface area contributed by atoms with Gasteiger partial charge in [-0.2, -0.15) is 0 Å². The zero-order chi connectivity index (χ0) is 28.6. The molecule has 0 radical (unpaired) electrons. The van der Waals surface area contributed by atoms with Gasteiger partial charge in [0.25, 0.3) is 5.69 Å². The van der Waals surface area contributed by atoms with Crippen LogP contribution in [0, 0.1) is 10.1 Å². The number of carbonyl (C=O) groups excluding carboxylic acids is 2. The molecule has 0 heterocycles. The van der Waals surface area contributed by atoms with E-state index in [0.717, 1.165) is 22.7 Å². The van der Waals surface area contributed by atoms with Crippen LogP contribution >= 0.6 is 23.2 Å². The molecule has 0 aromatic heterocycles. The fourth-order valence-electron chi connectivity index (χ4n) is 3.70. The number of nitro groups is 1. The van der Waals surface area contributed by atoms with Crippen molar-refractivity contribution < 1.29 is 27.7 Å². The minimum Gasteiger partial charge on any atom is -0.495 e. The second-order valence-electron chi connectivity index (χ2n) is 8.37. The Kier molecular flexibility index (Phi) is 11.2. The molecule has 0 unspecified atom stereocenters. The Balaban J connectivity index is 2.57. The first-order chi connectivity index (χ1) is 17.8. The second kappa shape index (κ2) is 13.6. The van der Waals surface area contributed by atoms with Crippen LogP contribution in [0.25, 0.3) is 0 Å². The SMILES string of the molecule is CCCNC(=O)[C@@H](CC)N(Cc1ccc(Cl)c(Cl)c1)C(=O)CN(c1cc([N+](=O)[O-])ccc1OC)S(C)(=O)=O. The number of rotatable bonds is 13. The topological polar surface area (TPSA) is 139 Å². The molecule has 208 valence electrons. The highest BCUT2D eigenvalue weighted by Crippen LogP contribution is 2.34. The Labute approximate surface area is 231 Å². The fraction of sp³-hybridized carbons (Fsp3) is 0.417. The summed E-state index contributed by atoms with van der Waals surface area (Å²) in [4.78, 5) is 38.6. The van der Waals surface area contributed by atoms with Gasteiger partial charge in [-0.1, -0.05) is 43.1 Å². The van der Waals surface area contributed by atoms with Gasteiger partial charge in [0, 0.05) is 25.2 Å². The van der Waals surface area contributed by atoms with Crippen LogP contribution in [0.5, 0.6) is 5.75 Å². The number of amides is 2. The maximum atomic E-state index is 13.7. The molecule has 14 heteroatoms. The summed E-state index contributed by atoms with van der Waals surface area (Å²) in [7, 11) is -2.86. The summed E-state index contributed by atoms with van der Waals surface area (Å²) in [5, 5.41) is 14.7. The van der Waals surface area contributed by atoms with Gasteiger partial charge in [0.2, 0.25) is 21.8 Å². The predicted octanol–water partition coefficient (Wildman–Crippen LogP) is 4.01. The molecule has 2 rings (SSSR count). The summed E-state index contributed by atoms with van der Waals surface area (Å²) >= 11 is 12.2. The molecule has 0 fully saturated rings. The molecular weight excluding hydrogens is 559 g/mol. The van der Waals surface area contributed by atoms with Gasteiger partial charge in [-0.05, 0) is 36.6 Å². The lowest BCUT2D eigenvalue weighted by Crippen LogP contribution is -2.52. The van der Waals surface area contributed by atoms with E-state index >= 15 is 0 Å². The lowest BCUT2D eigenvalue weighted by atomic mass is 10.1. The fourth-order valence-corrected chi connectivity index (χ4v) is 4.87. The maximum absolute atomic E-state index is 13.7. The number of benzene rings is 2. The molecule has 38 heavy (non-hydrogen) atoms. The van der Waals surface area contributed by atoms with Crippen LogP contribution in [0.2, 0.25) is 10.0 Å². The highest BCUT2D eigenvalue weighted by Gasteiger charge is 2.33. The number of hydrogen-bond donors (Lipinski definition) is 1. The van der Waals surface area contributed by atoms with E-state index in [9.17, 15) is 28.1 Å². The molecule has 0 aliphatic carbocycles. The first kappa shape index (κ1) is 31.1. The van der Waals surface area contributed by atoms with E-state index in [2.05, 4.69) is 5.32 Å². The summed E-state index contributed by atoms with van der Waals surface area (Å²) < 4.78 is 31.6. The summed E-state index contributed by atoms with van der Waals surface area (Å²) in [6.07, 6.45) is 1.78. The number of hydrogen-bond acceptors (Lipinski definition) is 7. The Morgan fingerprint density at radius 2 is 1.82 bits per heavy atom. The van der Waals surface area contributed by atoms with Crippen LogP contribution in [-0.4, -0.2) is 62.6 Å². The lowest BCUT2D eigenvalue weighted by Gasteiger charge is -2.33. The third-order valence-corrected chi connectivity index (χ3v) is 7.46. The first-order valence-corrected chi connectivity index (χ1v) is 14.3. The van der Waals surface area contributed by atoms with Gasteiger partial charge in [-0.25, -0.2) is 8.42 Å². The number of anilines is 1. The molecule has 2 aromatic rings. The highest BCUT2D eigenvalue weighted by atomic mass is 35.5. The molecule has 0 spiro atoms. The van der Waals surface area contributed by atoms with E-state index in [4.69, 9.17) is 27.9 Å². The molecular formula is C24H30Cl2N4O7S. The van der Waals surface area contributed by atoms with E-state index in [0.29, 0.717) is 23.6 Å². The minimum atomic E-state index is -4.13. The maximum Gasteiger partial charge on any atom is 0.271 e. The normalized spacial score (nSPS) is 11.9. The molecule has 0 aliphatic rings. The average Bonchev–Trinajstić information content (AvgIpc) is 2.86. The van der Waals surface area contributed by atoms with Crippen LogP contribution in [0.4, 0.5) is 11.4 Å². The zero-order valence-electron chi connectivity index (χ0n) is 21.4. The van der Waals surface area contributed by atoms with E-state index in [1.807, 2.05) is 6.92 Å². The summed E-state index contributed by atoms with van der Waals surface area (Å²) in [6.45, 7) is 3.19. The van der Waals surface area contributed by atoms with Crippen LogP contribution in [0.1, 0.15) is 32.3 Å². The first-order valence-electron chi connectivity index (χ1n) is 11.6. The van der Waals surface area contributed by atoms with Gasteiger partial charge in [-0.3, -0.25) is 24.0 Å². The number of methoxy groups -OCH3 is 1. The second-order valence-corrected chi connectivity index (χ2v) is 11.1. The van der Waals surface area contributed by atoms with Crippen LogP contribution in [-0.2, 0) is 26.2 Å². The number of nitrogens with zero attached hydrogens (tertiary/aromatic N) is 3. The number of non-ortho nitro benzene ring substituents is 1. The molecule has 0 saturated carbocycles. The number of ether oxygens (including phenoxy) is 1. The highest BCUT2D eigenvalue weighted by molar-refractivity contribution is 7.92.